The summed E-state index contributed by atoms with van der Waals surface area (Å²) >= 11 is 3.32. The van der Waals surface area contributed by atoms with Crippen molar-refractivity contribution in [2.75, 3.05) is 12.3 Å². The predicted octanol–water partition coefficient (Wildman–Crippen LogP) is 1.21. The number of aliphatic hydroxyl groups excluding tert-OH is 2. The van der Waals surface area contributed by atoms with Gasteiger partial charge in [0.1, 0.15) is 24.4 Å². The predicted molar refractivity (Wildman–Crippen MR) is 112 cm³/mol. The van der Waals surface area contributed by atoms with Crippen LogP contribution in [0, 0.1) is 3.83 Å². The smallest absolute Gasteiger partial charge is 0.338 e. The van der Waals surface area contributed by atoms with Crippen molar-refractivity contribution in [2.45, 2.75) is 22.8 Å². The van der Waals surface area contributed by atoms with Crippen LogP contribution in [0.2, 0.25) is 0 Å². The number of nitrogens with two attached hydrogens (primary N) is 1. The lowest BCUT2D eigenvalue weighted by Crippen LogP contribution is -2.34. The maximum absolute atomic E-state index is 12.1. The molecular weight excluding hydrogens is 497 g/mol. The molecule has 0 aliphatic carbocycles. The highest BCUT2D eigenvalue weighted by molar-refractivity contribution is 14.1. The maximum Gasteiger partial charge on any atom is 0.338 e. The third-order valence-electron chi connectivity index (χ3n) is 4.44. The van der Waals surface area contributed by atoms with Crippen molar-refractivity contribution in [1.29, 1.82) is 0 Å². The Morgan fingerprint density at radius 3 is 2.75 bits per heavy atom. The number of nitrogens with zero attached hydrogens (tertiary/aromatic N) is 4. The summed E-state index contributed by atoms with van der Waals surface area (Å²) in [5, 5.41) is 20.0. The minimum Gasteiger partial charge on any atom is -0.461 e. The van der Waals surface area contributed by atoms with Crippen molar-refractivity contribution < 1.29 is 19.7 Å². The van der Waals surface area contributed by atoms with Crippen molar-refractivity contribution in [2.24, 2.45) is 0 Å². The van der Waals surface area contributed by atoms with E-state index in [-0.39, 0.29) is 12.4 Å². The van der Waals surface area contributed by atoms with E-state index in [1.165, 1.54) is 18.1 Å². The Bertz CT molecular complexity index is 1020. The Hall–Kier alpha value is -1.96. The van der Waals surface area contributed by atoms with Gasteiger partial charge in [0.15, 0.2) is 20.8 Å². The Morgan fingerprint density at radius 2 is 2.00 bits per heavy atom. The molecule has 28 heavy (non-hydrogen) atoms. The van der Waals surface area contributed by atoms with Crippen LogP contribution in [0.1, 0.15) is 15.7 Å². The highest BCUT2D eigenvalue weighted by Gasteiger charge is 2.45. The first-order valence-corrected chi connectivity index (χ1v) is 10.4. The minimum atomic E-state index is -1.09. The molecule has 0 spiro atoms. The fraction of sp³-hybridized carbons (Fsp3) is 0.294. The third kappa shape index (κ3) is 3.43. The van der Waals surface area contributed by atoms with Gasteiger partial charge in [0, 0.05) is 22.6 Å². The van der Waals surface area contributed by atoms with E-state index in [9.17, 15) is 15.0 Å². The summed E-state index contributed by atoms with van der Waals surface area (Å²) in [4.78, 5) is 24.7. The SMILES string of the molecule is Nc1ncnc2c1nc(I)n2[C@@H]1S[C@H](COC(=O)c2ccccc2)[C@@H](O)[C@H]1O. The van der Waals surface area contributed by atoms with Gasteiger partial charge in [-0.2, -0.15) is 0 Å². The average molecular weight is 513 g/mol. The zero-order valence-electron chi connectivity index (χ0n) is 14.3. The number of nitrogen functional groups attached to an aromatic ring is 1. The molecule has 0 saturated carbocycles. The summed E-state index contributed by atoms with van der Waals surface area (Å²) in [7, 11) is 0. The molecule has 0 bridgehead atoms. The molecule has 11 heteroatoms. The van der Waals surface area contributed by atoms with E-state index >= 15 is 0 Å². The molecule has 0 radical (unpaired) electrons. The van der Waals surface area contributed by atoms with Gasteiger partial charge < -0.3 is 20.7 Å². The molecule has 1 saturated heterocycles. The van der Waals surface area contributed by atoms with Gasteiger partial charge in [-0.1, -0.05) is 18.2 Å². The number of anilines is 1. The van der Waals surface area contributed by atoms with Crippen LogP contribution in [0.15, 0.2) is 36.7 Å². The number of thioether (sulfide) groups is 1. The molecule has 146 valence electrons. The normalized spacial score (nSPS) is 24.5. The van der Waals surface area contributed by atoms with Crippen LogP contribution >= 0.6 is 34.4 Å². The van der Waals surface area contributed by atoms with Gasteiger partial charge in [-0.25, -0.2) is 19.7 Å². The van der Waals surface area contributed by atoms with Crippen LogP contribution in [-0.2, 0) is 4.74 Å². The van der Waals surface area contributed by atoms with Gasteiger partial charge in [0.2, 0.25) is 0 Å². The van der Waals surface area contributed by atoms with E-state index < -0.39 is 28.8 Å². The fourth-order valence-corrected chi connectivity index (χ4v) is 5.45. The monoisotopic (exact) mass is 513 g/mol. The topological polar surface area (TPSA) is 136 Å². The number of aliphatic hydroxyl groups is 2. The molecule has 2 aromatic heterocycles. The summed E-state index contributed by atoms with van der Waals surface area (Å²) < 4.78 is 7.60. The average Bonchev–Trinajstić information content (AvgIpc) is 3.18. The zero-order chi connectivity index (χ0) is 19.8. The van der Waals surface area contributed by atoms with Crippen molar-refractivity contribution >= 4 is 57.3 Å². The fourth-order valence-electron chi connectivity index (χ4n) is 3.02. The first-order chi connectivity index (χ1) is 13.5. The van der Waals surface area contributed by atoms with Crippen LogP contribution in [0.25, 0.3) is 11.2 Å². The standard InChI is InChI=1S/C17H16IN5O4S/c18-17-22-10-13(19)20-7-21-14(10)23(17)15-12(25)11(24)9(28-15)6-27-16(26)8-4-2-1-3-5-8/h1-5,7,9,11-12,15,24-25H,6H2,(H2,19,20,21)/t9-,11-,12-,15-/m1/s1. The summed E-state index contributed by atoms with van der Waals surface area (Å²) in [5.41, 5.74) is 7.20. The summed E-state index contributed by atoms with van der Waals surface area (Å²) in [6.07, 6.45) is -0.841. The lowest BCUT2D eigenvalue weighted by molar-refractivity contribution is 0.00433. The molecule has 1 aliphatic heterocycles. The van der Waals surface area contributed by atoms with E-state index in [1.54, 1.807) is 28.8 Å². The Morgan fingerprint density at radius 1 is 1.25 bits per heavy atom. The number of aromatic nitrogens is 4. The van der Waals surface area contributed by atoms with E-state index in [2.05, 4.69) is 15.0 Å². The number of ether oxygens (including phenoxy) is 1. The summed E-state index contributed by atoms with van der Waals surface area (Å²) in [6.45, 7) is -0.0343. The van der Waals surface area contributed by atoms with Crippen molar-refractivity contribution in [3.05, 3.63) is 46.1 Å². The number of fused-ring (bicyclic) bond motifs is 1. The van der Waals surface area contributed by atoms with Gasteiger partial charge in [-0.05, 0) is 12.1 Å². The molecule has 0 amide bonds. The Labute approximate surface area is 177 Å². The zero-order valence-corrected chi connectivity index (χ0v) is 17.3. The highest BCUT2D eigenvalue weighted by atomic mass is 127. The van der Waals surface area contributed by atoms with E-state index in [1.807, 2.05) is 28.7 Å². The molecule has 3 heterocycles. The first kappa shape index (κ1) is 19.4. The second-order valence-corrected chi connectivity index (χ2v) is 8.52. The van der Waals surface area contributed by atoms with Gasteiger partial charge >= 0.3 is 5.97 Å². The third-order valence-corrected chi connectivity index (χ3v) is 6.74. The first-order valence-electron chi connectivity index (χ1n) is 8.35. The number of benzene rings is 1. The van der Waals surface area contributed by atoms with Crippen molar-refractivity contribution in [1.82, 2.24) is 19.5 Å². The van der Waals surface area contributed by atoms with E-state index in [4.69, 9.17) is 10.5 Å². The number of hydrogen-bond acceptors (Lipinski definition) is 9. The molecule has 1 aromatic carbocycles. The van der Waals surface area contributed by atoms with Crippen LogP contribution < -0.4 is 5.73 Å². The van der Waals surface area contributed by atoms with Crippen LogP contribution in [0.4, 0.5) is 5.82 Å². The molecule has 0 unspecified atom stereocenters. The maximum atomic E-state index is 12.1. The number of imidazole rings is 1. The number of hydrogen-bond donors (Lipinski definition) is 3. The minimum absolute atomic E-state index is 0.0343. The van der Waals surface area contributed by atoms with Crippen molar-refractivity contribution in [3.8, 4) is 0 Å². The lowest BCUT2D eigenvalue weighted by atomic mass is 10.1. The Balaban J connectivity index is 1.53. The molecule has 1 aliphatic rings. The van der Waals surface area contributed by atoms with Crippen LogP contribution in [-0.4, -0.2) is 59.8 Å². The molecule has 4 N–H and O–H groups in total. The summed E-state index contributed by atoms with van der Waals surface area (Å²) in [5.74, 6) is -0.234. The van der Waals surface area contributed by atoms with Crippen LogP contribution in [0.3, 0.4) is 0 Å². The van der Waals surface area contributed by atoms with Gasteiger partial charge in [-0.15, -0.1) is 11.8 Å². The number of rotatable bonds is 4. The van der Waals surface area contributed by atoms with Gasteiger partial charge in [-0.3, -0.25) is 4.57 Å². The number of carbonyl (C=O) groups excluding carboxylic acids is 1. The Kier molecular flexibility index (Phi) is 5.40. The number of esters is 1. The quantitative estimate of drug-likeness (QED) is 0.267. The van der Waals surface area contributed by atoms with Gasteiger partial charge in [0.25, 0.3) is 0 Å². The summed E-state index contributed by atoms with van der Waals surface area (Å²) in [6, 6.07) is 8.61. The highest BCUT2D eigenvalue weighted by Crippen LogP contribution is 2.44. The molecule has 1 fully saturated rings. The van der Waals surface area contributed by atoms with Crippen LogP contribution in [0.5, 0.6) is 0 Å². The second-order valence-electron chi connectivity index (χ2n) is 6.19. The molecule has 3 aromatic rings. The molecule has 4 rings (SSSR count). The number of carbonyl (C=O) groups is 1. The lowest BCUT2D eigenvalue weighted by Gasteiger charge is -2.18. The van der Waals surface area contributed by atoms with E-state index in [0.717, 1.165) is 0 Å². The molecule has 4 atom stereocenters. The van der Waals surface area contributed by atoms with Gasteiger partial charge in [0.05, 0.1) is 16.9 Å². The van der Waals surface area contributed by atoms with Crippen molar-refractivity contribution in [3.63, 3.8) is 0 Å². The second kappa shape index (κ2) is 7.81. The largest absolute Gasteiger partial charge is 0.461 e. The number of halogens is 1. The molecule has 9 nitrogen and oxygen atoms in total. The molecular formula is C17H16IN5O4S. The van der Waals surface area contributed by atoms with E-state index in [0.29, 0.717) is 20.6 Å².